The van der Waals surface area contributed by atoms with Crippen LogP contribution in [0.15, 0.2) is 48.1 Å². The van der Waals surface area contributed by atoms with Crippen molar-refractivity contribution in [3.8, 4) is 23.0 Å². The van der Waals surface area contributed by atoms with Gasteiger partial charge in [0.05, 0.1) is 20.1 Å². The lowest BCUT2D eigenvalue weighted by Crippen LogP contribution is -2.46. The largest absolute Gasteiger partial charge is 0.493 e. The lowest BCUT2D eigenvalue weighted by atomic mass is 10.1. The van der Waals surface area contributed by atoms with E-state index < -0.39 is 12.1 Å². The number of nitrogens with zero attached hydrogens (tertiary/aromatic N) is 3. The van der Waals surface area contributed by atoms with E-state index in [0.717, 1.165) is 11.1 Å². The number of methoxy groups -OCH3 is 1. The first-order chi connectivity index (χ1) is 24.4. The Bertz CT molecular complexity index is 1670. The van der Waals surface area contributed by atoms with Crippen LogP contribution in [0, 0.1) is 0 Å². The lowest BCUT2D eigenvalue weighted by molar-refractivity contribution is -0.130. The maximum atomic E-state index is 14.0. The first-order valence-electron chi connectivity index (χ1n) is 17.1. The van der Waals surface area contributed by atoms with Crippen LogP contribution in [0.25, 0.3) is 0 Å². The quantitative estimate of drug-likeness (QED) is 0.418. The van der Waals surface area contributed by atoms with Crippen molar-refractivity contribution in [2.75, 3.05) is 53.0 Å². The SMILES string of the molecule is COc1cc2ccc1O[C@H]1C[C@@H](C(=O)NCCCCN(C(=O)Cc3cccnc3)CCCNC(=O)CC2)N(C(=O)c2scc3c2OCCO3)C1. The van der Waals surface area contributed by atoms with Gasteiger partial charge in [-0.1, -0.05) is 12.1 Å². The van der Waals surface area contributed by atoms with Gasteiger partial charge in [-0.25, -0.2) is 0 Å². The lowest BCUT2D eigenvalue weighted by Gasteiger charge is -2.25. The van der Waals surface area contributed by atoms with Gasteiger partial charge in [0, 0.05) is 56.8 Å². The van der Waals surface area contributed by atoms with E-state index in [1.807, 2.05) is 29.2 Å². The number of amides is 4. The number of carbonyl (C=O) groups excluding carboxylic acids is 4. The maximum Gasteiger partial charge on any atom is 0.268 e. The molecule has 4 aliphatic rings. The summed E-state index contributed by atoms with van der Waals surface area (Å²) in [7, 11) is 1.55. The zero-order chi connectivity index (χ0) is 34.9. The molecule has 4 amide bonds. The average molecular weight is 706 g/mol. The number of ether oxygens (including phenoxy) is 4. The Labute approximate surface area is 295 Å². The van der Waals surface area contributed by atoms with E-state index in [2.05, 4.69) is 15.6 Å². The molecule has 1 saturated heterocycles. The van der Waals surface area contributed by atoms with E-state index in [1.54, 1.807) is 35.8 Å². The summed E-state index contributed by atoms with van der Waals surface area (Å²) in [6.07, 6.45) is 6.10. The van der Waals surface area contributed by atoms with Gasteiger partial charge in [-0.15, -0.1) is 11.3 Å². The number of fused-ring (bicyclic) bond motifs is 16. The van der Waals surface area contributed by atoms with Gasteiger partial charge in [0.15, 0.2) is 23.0 Å². The smallest absolute Gasteiger partial charge is 0.268 e. The Kier molecular flexibility index (Phi) is 11.7. The second-order valence-corrected chi connectivity index (χ2v) is 13.4. The standard InChI is InChI=1S/C36H43N5O8S/c1-46-29-18-24-7-9-28(29)49-26-20-27(41(22-26)36(45)34-33-30(23-50-34)47-16-17-48-33)35(44)39-12-2-3-14-40(15-5-13-38-31(42)10-8-24)32(43)19-25-6-4-11-37-21-25/h4,6-7,9,11,18,21,23,26-27H,2-3,5,8,10,12-17,19-20,22H2,1H3,(H,38,42)(H,39,44)/t26-,27-/m0/s1. The molecular formula is C36H43N5O8S. The van der Waals surface area contributed by atoms with Gasteiger partial charge in [0.2, 0.25) is 17.7 Å². The molecule has 0 spiro atoms. The summed E-state index contributed by atoms with van der Waals surface area (Å²) in [5.41, 5.74) is 1.74. The molecule has 2 aromatic heterocycles. The summed E-state index contributed by atoms with van der Waals surface area (Å²) >= 11 is 1.23. The molecule has 4 aliphatic heterocycles. The summed E-state index contributed by atoms with van der Waals surface area (Å²) < 4.78 is 23.5. The van der Waals surface area contributed by atoms with Crippen LogP contribution < -0.4 is 29.6 Å². The van der Waals surface area contributed by atoms with Crippen LogP contribution in [0.5, 0.6) is 23.0 Å². The molecule has 2 N–H and O–H groups in total. The molecule has 6 heterocycles. The van der Waals surface area contributed by atoms with Gasteiger partial charge in [-0.3, -0.25) is 24.2 Å². The zero-order valence-corrected chi connectivity index (χ0v) is 29.0. The topological polar surface area (TPSA) is 149 Å². The molecular weight excluding hydrogens is 662 g/mol. The number of thiophene rings is 1. The number of nitrogens with one attached hydrogen (secondary N) is 2. The molecule has 0 aliphatic carbocycles. The van der Waals surface area contributed by atoms with Gasteiger partial charge >= 0.3 is 0 Å². The van der Waals surface area contributed by atoms with E-state index >= 15 is 0 Å². The van der Waals surface area contributed by atoms with Crippen molar-refractivity contribution in [1.82, 2.24) is 25.4 Å². The number of hydrogen-bond acceptors (Lipinski definition) is 10. The first kappa shape index (κ1) is 35.0. The number of benzene rings is 1. The van der Waals surface area contributed by atoms with Crippen LogP contribution in [0.1, 0.15) is 52.9 Å². The van der Waals surface area contributed by atoms with E-state index in [4.69, 9.17) is 18.9 Å². The summed E-state index contributed by atoms with van der Waals surface area (Å²) in [5.74, 6) is 1.27. The highest BCUT2D eigenvalue weighted by Gasteiger charge is 2.43. The Hall–Kier alpha value is -4.85. The number of aryl methyl sites for hydroxylation is 1. The molecule has 7 rings (SSSR count). The number of likely N-dealkylation sites (tertiary alicyclic amines) is 1. The second kappa shape index (κ2) is 16.7. The summed E-state index contributed by atoms with van der Waals surface area (Å²) in [6, 6.07) is 8.45. The fourth-order valence-corrected chi connectivity index (χ4v) is 7.28. The van der Waals surface area contributed by atoms with Gasteiger partial charge in [0.1, 0.15) is 30.2 Å². The zero-order valence-electron chi connectivity index (χ0n) is 28.2. The van der Waals surface area contributed by atoms with Crippen LogP contribution in [0.2, 0.25) is 0 Å². The molecule has 0 unspecified atom stereocenters. The molecule has 13 nitrogen and oxygen atoms in total. The molecule has 50 heavy (non-hydrogen) atoms. The number of aromatic nitrogens is 1. The number of pyridine rings is 1. The van der Waals surface area contributed by atoms with E-state index in [0.29, 0.717) is 99.4 Å². The third kappa shape index (κ3) is 8.65. The fourth-order valence-electron chi connectivity index (χ4n) is 6.39. The molecule has 1 fully saturated rings. The highest BCUT2D eigenvalue weighted by atomic mass is 32.1. The van der Waals surface area contributed by atoms with E-state index in [9.17, 15) is 19.2 Å². The number of carbonyl (C=O) groups is 4. The van der Waals surface area contributed by atoms with Gasteiger partial charge in [-0.2, -0.15) is 0 Å². The Morgan fingerprint density at radius 2 is 1.86 bits per heavy atom. The molecule has 14 heteroatoms. The van der Waals surface area contributed by atoms with Crippen LogP contribution in [-0.2, 0) is 27.2 Å². The number of hydrogen-bond donors (Lipinski definition) is 2. The molecule has 2 atom stereocenters. The van der Waals surface area contributed by atoms with Crippen molar-refractivity contribution in [1.29, 1.82) is 0 Å². The predicted molar refractivity (Wildman–Crippen MR) is 185 cm³/mol. The Morgan fingerprint density at radius 3 is 2.70 bits per heavy atom. The van der Waals surface area contributed by atoms with E-state index in [-0.39, 0.29) is 43.0 Å². The Balaban J connectivity index is 1.19. The molecule has 1 aromatic carbocycles. The first-order valence-corrected chi connectivity index (χ1v) is 18.0. The minimum absolute atomic E-state index is 0.0171. The van der Waals surface area contributed by atoms with Crippen LogP contribution in [0.4, 0.5) is 0 Å². The van der Waals surface area contributed by atoms with Crippen molar-refractivity contribution in [2.45, 2.75) is 57.1 Å². The van der Waals surface area contributed by atoms with Crippen molar-refractivity contribution < 1.29 is 38.1 Å². The molecule has 0 radical (unpaired) electrons. The predicted octanol–water partition coefficient (Wildman–Crippen LogP) is 3.01. The maximum absolute atomic E-state index is 14.0. The van der Waals surface area contributed by atoms with Crippen molar-refractivity contribution in [3.63, 3.8) is 0 Å². The van der Waals surface area contributed by atoms with Crippen molar-refractivity contribution in [2.24, 2.45) is 0 Å². The molecule has 3 aromatic rings. The highest BCUT2D eigenvalue weighted by molar-refractivity contribution is 7.12. The summed E-state index contributed by atoms with van der Waals surface area (Å²) in [6.45, 7) is 2.77. The summed E-state index contributed by atoms with van der Waals surface area (Å²) in [4.78, 5) is 61.5. The average Bonchev–Trinajstić information content (AvgIpc) is 3.76. The van der Waals surface area contributed by atoms with Gasteiger partial charge < -0.3 is 39.4 Å². The van der Waals surface area contributed by atoms with Crippen molar-refractivity contribution in [3.05, 3.63) is 64.1 Å². The fraction of sp³-hybridized carbons (Fsp3) is 0.472. The monoisotopic (exact) mass is 705 g/mol. The minimum Gasteiger partial charge on any atom is -0.493 e. The highest BCUT2D eigenvalue weighted by Crippen LogP contribution is 2.41. The Morgan fingerprint density at radius 1 is 1.02 bits per heavy atom. The van der Waals surface area contributed by atoms with Gasteiger partial charge in [0.25, 0.3) is 5.91 Å². The second-order valence-electron chi connectivity index (χ2n) is 12.5. The summed E-state index contributed by atoms with van der Waals surface area (Å²) in [5, 5.41) is 7.75. The molecule has 266 valence electrons. The normalized spacial score (nSPS) is 20.5. The van der Waals surface area contributed by atoms with Crippen molar-refractivity contribution >= 4 is 35.0 Å². The van der Waals surface area contributed by atoms with Crippen LogP contribution in [-0.4, -0.2) is 104 Å². The van der Waals surface area contributed by atoms with E-state index in [1.165, 1.54) is 11.3 Å². The molecule has 0 saturated carbocycles. The number of rotatable bonds is 4. The third-order valence-corrected chi connectivity index (χ3v) is 9.92. The van der Waals surface area contributed by atoms with Crippen LogP contribution in [0.3, 0.4) is 0 Å². The third-order valence-electron chi connectivity index (χ3n) is 9.00. The van der Waals surface area contributed by atoms with Gasteiger partial charge in [-0.05, 0) is 55.0 Å². The minimum atomic E-state index is -0.769. The van der Waals surface area contributed by atoms with Crippen LogP contribution >= 0.6 is 11.3 Å². The molecule has 4 bridgehead atoms.